The summed E-state index contributed by atoms with van der Waals surface area (Å²) in [4.78, 5) is 7.85. The average Bonchev–Trinajstić information content (AvgIpc) is 2.57. The number of halogens is 1. The van der Waals surface area contributed by atoms with E-state index in [9.17, 15) is 0 Å². The number of rotatable bonds is 14. The van der Waals surface area contributed by atoms with Crippen LogP contribution in [0.1, 0.15) is 92.9 Å². The number of guanidine groups is 1. The van der Waals surface area contributed by atoms with Gasteiger partial charge in [0.05, 0.1) is 19.6 Å². The normalized spacial score (nSPS) is 12.2. The lowest BCUT2D eigenvalue weighted by Gasteiger charge is -2.42. The first-order valence-corrected chi connectivity index (χ1v) is 10.8. The van der Waals surface area contributed by atoms with E-state index in [0.717, 1.165) is 17.4 Å². The third-order valence-electron chi connectivity index (χ3n) is 4.70. The Labute approximate surface area is 165 Å². The molecule has 0 saturated heterocycles. The zero-order chi connectivity index (χ0) is 18.3. The second-order valence-corrected chi connectivity index (χ2v) is 7.19. The molecule has 0 atom stereocenters. The summed E-state index contributed by atoms with van der Waals surface area (Å²) in [6.45, 7) is 20.9. The van der Waals surface area contributed by atoms with Gasteiger partial charge in [-0.3, -0.25) is 4.48 Å². The second-order valence-electron chi connectivity index (χ2n) is 7.19. The summed E-state index contributed by atoms with van der Waals surface area (Å²) in [7, 11) is 0. The Morgan fingerprint density at radius 2 is 1.12 bits per heavy atom. The van der Waals surface area contributed by atoms with Crippen LogP contribution in [0.25, 0.3) is 0 Å². The first kappa shape index (κ1) is 26.9. The standard InChI is InChI=1S/C21H46N3.ClH/c1-7-13-16-23(17-14-8-2)21(22-15-9-3)24(18-10-4,19-11-5)20-12-6;/h7-20H2,1-6H3;1H/q+1;/p-1. The van der Waals surface area contributed by atoms with Crippen molar-refractivity contribution in [1.29, 1.82) is 0 Å². The molecular weight excluding hydrogens is 330 g/mol. The topological polar surface area (TPSA) is 15.6 Å². The summed E-state index contributed by atoms with van der Waals surface area (Å²) in [6, 6.07) is 0. The molecule has 0 bridgehead atoms. The summed E-state index contributed by atoms with van der Waals surface area (Å²) >= 11 is 0. The van der Waals surface area contributed by atoms with Crippen molar-refractivity contribution in [3.8, 4) is 0 Å². The molecule has 0 unspecified atom stereocenters. The molecule has 0 aliphatic rings. The van der Waals surface area contributed by atoms with Crippen LogP contribution in [0.3, 0.4) is 0 Å². The molecule has 0 heterocycles. The maximum Gasteiger partial charge on any atom is 0.300 e. The molecule has 0 aromatic rings. The molecule has 0 N–H and O–H groups in total. The van der Waals surface area contributed by atoms with E-state index in [1.165, 1.54) is 83.6 Å². The van der Waals surface area contributed by atoms with Crippen molar-refractivity contribution >= 4 is 5.96 Å². The highest BCUT2D eigenvalue weighted by Gasteiger charge is 2.35. The minimum Gasteiger partial charge on any atom is -1.00 e. The van der Waals surface area contributed by atoms with Crippen LogP contribution in [0.4, 0.5) is 0 Å². The van der Waals surface area contributed by atoms with Crippen LogP contribution in [0, 0.1) is 0 Å². The fraction of sp³-hybridized carbons (Fsp3) is 0.952. The van der Waals surface area contributed by atoms with Crippen LogP contribution in [0.5, 0.6) is 0 Å². The van der Waals surface area contributed by atoms with Crippen LogP contribution >= 0.6 is 0 Å². The Morgan fingerprint density at radius 1 is 0.680 bits per heavy atom. The minimum absolute atomic E-state index is 0. The Kier molecular flexibility index (Phi) is 18.5. The summed E-state index contributed by atoms with van der Waals surface area (Å²) < 4.78 is 1.11. The summed E-state index contributed by atoms with van der Waals surface area (Å²) in [6.07, 6.45) is 9.93. The molecule has 152 valence electrons. The van der Waals surface area contributed by atoms with E-state index in [4.69, 9.17) is 4.99 Å². The molecular formula is C21H46ClN3. The van der Waals surface area contributed by atoms with Crippen LogP contribution in [0.15, 0.2) is 4.99 Å². The van der Waals surface area contributed by atoms with Gasteiger partial charge in [0, 0.05) is 19.6 Å². The van der Waals surface area contributed by atoms with Crippen LogP contribution in [0.2, 0.25) is 0 Å². The summed E-state index contributed by atoms with van der Waals surface area (Å²) in [5, 5.41) is 0. The highest BCUT2D eigenvalue weighted by Crippen LogP contribution is 2.18. The number of hydrogen-bond acceptors (Lipinski definition) is 1. The largest absolute Gasteiger partial charge is 1.00 e. The molecule has 3 nitrogen and oxygen atoms in total. The Balaban J connectivity index is 0. The lowest BCUT2D eigenvalue weighted by molar-refractivity contribution is -0.847. The number of aliphatic imine (C=N–C) groups is 1. The average molecular weight is 376 g/mol. The van der Waals surface area contributed by atoms with E-state index in [-0.39, 0.29) is 12.4 Å². The molecule has 0 aliphatic carbocycles. The van der Waals surface area contributed by atoms with Crippen LogP contribution < -0.4 is 12.4 Å². The van der Waals surface area contributed by atoms with Crippen molar-refractivity contribution < 1.29 is 16.9 Å². The predicted molar refractivity (Wildman–Crippen MR) is 110 cm³/mol. The molecule has 0 aromatic heterocycles. The lowest BCUT2D eigenvalue weighted by atomic mass is 10.2. The molecule has 0 spiro atoms. The SMILES string of the molecule is CCCCN(CCCC)C(=NCCC)[N+](CCC)(CCC)CCC.[Cl-]. The number of quaternary nitrogens is 1. The smallest absolute Gasteiger partial charge is 0.300 e. The van der Waals surface area contributed by atoms with Gasteiger partial charge in [-0.1, -0.05) is 54.4 Å². The number of nitrogens with zero attached hydrogens (tertiary/aromatic N) is 3. The van der Waals surface area contributed by atoms with E-state index >= 15 is 0 Å². The Hall–Kier alpha value is -0.280. The van der Waals surface area contributed by atoms with Crippen LogP contribution in [-0.2, 0) is 0 Å². The maximum absolute atomic E-state index is 5.19. The van der Waals surface area contributed by atoms with E-state index in [2.05, 4.69) is 46.4 Å². The molecule has 0 rings (SSSR count). The van der Waals surface area contributed by atoms with Gasteiger partial charge >= 0.3 is 0 Å². The van der Waals surface area contributed by atoms with Crippen molar-refractivity contribution in [2.45, 2.75) is 92.9 Å². The molecule has 0 fully saturated rings. The fourth-order valence-corrected chi connectivity index (χ4v) is 3.69. The fourth-order valence-electron chi connectivity index (χ4n) is 3.69. The first-order valence-electron chi connectivity index (χ1n) is 10.8. The first-order chi connectivity index (χ1) is 11.7. The van der Waals surface area contributed by atoms with Crippen LogP contribution in [-0.4, -0.2) is 54.6 Å². The maximum atomic E-state index is 5.19. The Morgan fingerprint density at radius 3 is 1.44 bits per heavy atom. The minimum atomic E-state index is 0. The van der Waals surface area contributed by atoms with Gasteiger partial charge in [-0.2, -0.15) is 0 Å². The molecule has 0 amide bonds. The zero-order valence-electron chi connectivity index (χ0n) is 18.1. The van der Waals surface area contributed by atoms with Crippen molar-refractivity contribution in [2.24, 2.45) is 4.99 Å². The third-order valence-corrected chi connectivity index (χ3v) is 4.70. The molecule has 0 radical (unpaired) electrons. The van der Waals surface area contributed by atoms with Crippen molar-refractivity contribution in [2.75, 3.05) is 39.3 Å². The van der Waals surface area contributed by atoms with Crippen molar-refractivity contribution in [3.05, 3.63) is 0 Å². The molecule has 0 aliphatic heterocycles. The second kappa shape index (κ2) is 17.1. The van der Waals surface area contributed by atoms with Gasteiger partial charge in [-0.15, -0.1) is 0 Å². The van der Waals surface area contributed by atoms with Crippen molar-refractivity contribution in [1.82, 2.24) is 4.90 Å². The quantitative estimate of drug-likeness (QED) is 0.259. The molecule has 0 saturated carbocycles. The summed E-state index contributed by atoms with van der Waals surface area (Å²) in [5.41, 5.74) is 0. The molecule has 0 aromatic carbocycles. The van der Waals surface area contributed by atoms with Gasteiger partial charge in [0.15, 0.2) is 0 Å². The molecule has 25 heavy (non-hydrogen) atoms. The zero-order valence-corrected chi connectivity index (χ0v) is 18.9. The van der Waals surface area contributed by atoms with E-state index < -0.39 is 0 Å². The monoisotopic (exact) mass is 375 g/mol. The lowest BCUT2D eigenvalue weighted by Crippen LogP contribution is -3.00. The van der Waals surface area contributed by atoms with E-state index in [1.54, 1.807) is 0 Å². The van der Waals surface area contributed by atoms with Gasteiger partial charge in [0.1, 0.15) is 0 Å². The van der Waals surface area contributed by atoms with Gasteiger partial charge in [-0.25, -0.2) is 4.99 Å². The highest BCUT2D eigenvalue weighted by molar-refractivity contribution is 5.73. The third kappa shape index (κ3) is 9.84. The van der Waals surface area contributed by atoms with Gasteiger partial charge in [-0.05, 0) is 38.5 Å². The van der Waals surface area contributed by atoms with E-state index in [1.807, 2.05) is 0 Å². The Bertz CT molecular complexity index is 293. The van der Waals surface area contributed by atoms with Crippen molar-refractivity contribution in [3.63, 3.8) is 0 Å². The predicted octanol–water partition coefficient (Wildman–Crippen LogP) is 2.71. The highest BCUT2D eigenvalue weighted by atomic mass is 35.5. The van der Waals surface area contributed by atoms with Gasteiger partial charge < -0.3 is 17.3 Å². The summed E-state index contributed by atoms with van der Waals surface area (Å²) in [5.74, 6) is 1.41. The number of hydrogen-bond donors (Lipinski definition) is 0. The van der Waals surface area contributed by atoms with Gasteiger partial charge in [0.2, 0.25) is 0 Å². The van der Waals surface area contributed by atoms with E-state index in [0.29, 0.717) is 0 Å². The molecule has 4 heteroatoms. The van der Waals surface area contributed by atoms with Gasteiger partial charge in [0.25, 0.3) is 5.96 Å². The number of unbranched alkanes of at least 4 members (excludes halogenated alkanes) is 2.